The molecule has 0 bridgehead atoms. The summed E-state index contributed by atoms with van der Waals surface area (Å²) in [6, 6.07) is 25.2. The molecule has 0 aliphatic heterocycles. The number of nitrogens with one attached hydrogen (secondary N) is 1. The Balaban J connectivity index is 1.36. The van der Waals surface area contributed by atoms with Crippen LogP contribution in [0.1, 0.15) is 62.8 Å². The number of benzene rings is 3. The Labute approximate surface area is 238 Å². The number of aryl methyl sites for hydroxylation is 1. The van der Waals surface area contributed by atoms with Crippen LogP contribution in [0.4, 0.5) is 5.00 Å². The van der Waals surface area contributed by atoms with Gasteiger partial charge in [-0.15, -0.1) is 11.3 Å². The predicted octanol–water partition coefficient (Wildman–Crippen LogP) is 7.16. The number of carbonyl (C=O) groups is 1. The smallest absolute Gasteiger partial charge is 0.254 e. The number of nitriles is 1. The fourth-order valence-corrected chi connectivity index (χ4v) is 6.01. The molecule has 7 heteroatoms. The van der Waals surface area contributed by atoms with Crippen molar-refractivity contribution in [3.8, 4) is 17.6 Å². The molecule has 0 unspecified atom stereocenters. The number of rotatable bonds is 10. The lowest BCUT2D eigenvalue weighted by molar-refractivity contribution is 0.0951. The molecule has 0 radical (unpaired) electrons. The highest BCUT2D eigenvalue weighted by Crippen LogP contribution is 2.40. The van der Waals surface area contributed by atoms with Gasteiger partial charge in [0, 0.05) is 23.2 Å². The Kier molecular flexibility index (Phi) is 8.89. The molecule has 0 spiro atoms. The third kappa shape index (κ3) is 6.41. The Bertz CT molecular complexity index is 1550. The number of hydrogen-bond acceptors (Lipinski definition) is 6. The summed E-state index contributed by atoms with van der Waals surface area (Å²) in [5, 5.41) is 13.2. The molecule has 0 saturated heterocycles. The van der Waals surface area contributed by atoms with E-state index in [1.54, 1.807) is 23.6 Å². The highest BCUT2D eigenvalue weighted by Gasteiger charge is 2.25. The van der Waals surface area contributed by atoms with Crippen LogP contribution in [0.15, 0.2) is 77.8 Å². The molecule has 40 heavy (non-hydrogen) atoms. The van der Waals surface area contributed by atoms with Crippen LogP contribution in [0.25, 0.3) is 0 Å². The van der Waals surface area contributed by atoms with Crippen molar-refractivity contribution < 1.29 is 14.3 Å². The molecule has 5 rings (SSSR count). The van der Waals surface area contributed by atoms with E-state index in [4.69, 9.17) is 14.5 Å². The summed E-state index contributed by atoms with van der Waals surface area (Å²) in [5.41, 5.74) is 5.16. The summed E-state index contributed by atoms with van der Waals surface area (Å²) < 4.78 is 11.9. The number of amides is 1. The van der Waals surface area contributed by atoms with Gasteiger partial charge in [0.05, 0.1) is 23.8 Å². The van der Waals surface area contributed by atoms with E-state index in [0.717, 1.165) is 52.9 Å². The van der Waals surface area contributed by atoms with Gasteiger partial charge >= 0.3 is 0 Å². The van der Waals surface area contributed by atoms with Gasteiger partial charge in [-0.3, -0.25) is 4.79 Å². The second-order valence-corrected chi connectivity index (χ2v) is 10.6. The molecule has 4 aromatic rings. The van der Waals surface area contributed by atoms with Crippen molar-refractivity contribution in [3.63, 3.8) is 0 Å². The van der Waals surface area contributed by atoms with E-state index in [1.807, 2.05) is 73.7 Å². The summed E-state index contributed by atoms with van der Waals surface area (Å²) in [7, 11) is 0. The Morgan fingerprint density at radius 3 is 2.65 bits per heavy atom. The lowest BCUT2D eigenvalue weighted by Crippen LogP contribution is -2.24. The maximum absolute atomic E-state index is 13.4. The summed E-state index contributed by atoms with van der Waals surface area (Å²) in [6.45, 7) is 3.14. The first-order valence-electron chi connectivity index (χ1n) is 13.5. The Morgan fingerprint density at radius 1 is 1.02 bits per heavy atom. The Morgan fingerprint density at radius 2 is 1.82 bits per heavy atom. The van der Waals surface area contributed by atoms with Crippen LogP contribution in [0.5, 0.6) is 11.5 Å². The maximum Gasteiger partial charge on any atom is 0.254 e. The minimum Gasteiger partial charge on any atom is -0.490 e. The fourth-order valence-electron chi connectivity index (χ4n) is 4.78. The van der Waals surface area contributed by atoms with E-state index in [2.05, 4.69) is 11.4 Å². The minimum absolute atomic E-state index is 0.0770. The predicted molar refractivity (Wildman–Crippen MR) is 159 cm³/mol. The topological polar surface area (TPSA) is 83.7 Å². The minimum atomic E-state index is -0.0770. The van der Waals surface area contributed by atoms with Crippen molar-refractivity contribution in [3.05, 3.63) is 111 Å². The normalized spacial score (nSPS) is 12.5. The van der Waals surface area contributed by atoms with Crippen molar-refractivity contribution in [1.29, 1.82) is 5.26 Å². The van der Waals surface area contributed by atoms with Crippen LogP contribution in [0, 0.1) is 11.3 Å². The van der Waals surface area contributed by atoms with Crippen molar-refractivity contribution in [1.82, 2.24) is 5.32 Å². The van der Waals surface area contributed by atoms with Crippen LogP contribution in [-0.2, 0) is 26.0 Å². The van der Waals surface area contributed by atoms with Crippen LogP contribution >= 0.6 is 11.3 Å². The van der Waals surface area contributed by atoms with Gasteiger partial charge in [-0.1, -0.05) is 48.5 Å². The maximum atomic E-state index is 13.4. The zero-order chi connectivity index (χ0) is 27.7. The number of ether oxygens (including phenoxy) is 2. The average molecular weight is 550 g/mol. The molecular formula is C33H31N3O3S. The average Bonchev–Trinajstić information content (AvgIpc) is 3.37. The second-order valence-electron chi connectivity index (χ2n) is 9.51. The molecule has 6 nitrogen and oxygen atoms in total. The van der Waals surface area contributed by atoms with Gasteiger partial charge in [0.15, 0.2) is 11.5 Å². The number of thiophene rings is 1. The van der Waals surface area contributed by atoms with E-state index in [9.17, 15) is 10.1 Å². The van der Waals surface area contributed by atoms with Crippen LogP contribution in [0.2, 0.25) is 0 Å². The van der Waals surface area contributed by atoms with Gasteiger partial charge in [-0.2, -0.15) is 5.26 Å². The lowest BCUT2D eigenvalue weighted by atomic mass is 9.95. The van der Waals surface area contributed by atoms with Crippen molar-refractivity contribution in [2.75, 3.05) is 6.61 Å². The zero-order valence-corrected chi connectivity index (χ0v) is 23.3. The van der Waals surface area contributed by atoms with Crippen molar-refractivity contribution in [2.45, 2.75) is 45.8 Å². The standard InChI is InChI=1S/C33H31N3O3S/c1-2-38-29-18-24(16-17-28(29)39-22-26-13-7-6-12-25(26)19-34)21-36-33-31(27-14-8-9-15-30(27)40-33)32(37)35-20-23-10-4-3-5-11-23/h3-7,10-13,16-18,21H,2,8-9,14-15,20,22H2,1H3,(H,35,37). The Hall–Kier alpha value is -4.41. The van der Waals surface area contributed by atoms with Gasteiger partial charge in [-0.25, -0.2) is 4.99 Å². The number of carbonyl (C=O) groups excluding carboxylic acids is 1. The van der Waals surface area contributed by atoms with E-state index in [0.29, 0.717) is 35.8 Å². The van der Waals surface area contributed by atoms with Crippen molar-refractivity contribution in [2.24, 2.45) is 4.99 Å². The number of nitrogens with zero attached hydrogens (tertiary/aromatic N) is 2. The third-order valence-electron chi connectivity index (χ3n) is 6.80. The molecular weight excluding hydrogens is 518 g/mol. The highest BCUT2D eigenvalue weighted by atomic mass is 32.1. The van der Waals surface area contributed by atoms with E-state index in [1.165, 1.54) is 4.88 Å². The summed E-state index contributed by atoms with van der Waals surface area (Å²) in [6.07, 6.45) is 5.90. The van der Waals surface area contributed by atoms with Crippen LogP contribution in [0.3, 0.4) is 0 Å². The third-order valence-corrected chi connectivity index (χ3v) is 7.99. The van der Waals surface area contributed by atoms with Gasteiger partial charge in [-0.05, 0) is 73.6 Å². The lowest BCUT2D eigenvalue weighted by Gasteiger charge is -2.13. The monoisotopic (exact) mass is 549 g/mol. The molecule has 1 amide bonds. The van der Waals surface area contributed by atoms with Crippen molar-refractivity contribution >= 4 is 28.5 Å². The summed E-state index contributed by atoms with van der Waals surface area (Å²) in [5.74, 6) is 1.12. The fraction of sp³-hybridized carbons (Fsp3) is 0.242. The largest absolute Gasteiger partial charge is 0.490 e. The molecule has 0 saturated carbocycles. The quantitative estimate of drug-likeness (QED) is 0.213. The SMILES string of the molecule is CCOc1cc(C=Nc2sc3c(c2C(=O)NCc2ccccc2)CCCC3)ccc1OCc1ccccc1C#N. The van der Waals surface area contributed by atoms with Gasteiger partial charge < -0.3 is 14.8 Å². The van der Waals surface area contributed by atoms with Gasteiger partial charge in [0.25, 0.3) is 5.91 Å². The number of fused-ring (bicyclic) bond motifs is 1. The van der Waals surface area contributed by atoms with E-state index < -0.39 is 0 Å². The first-order chi connectivity index (χ1) is 19.7. The summed E-state index contributed by atoms with van der Waals surface area (Å²) >= 11 is 1.62. The number of hydrogen-bond donors (Lipinski definition) is 1. The molecule has 1 aliphatic rings. The molecule has 0 fully saturated rings. The molecule has 1 N–H and O–H groups in total. The molecule has 202 valence electrons. The first-order valence-corrected chi connectivity index (χ1v) is 14.4. The first kappa shape index (κ1) is 27.2. The second kappa shape index (κ2) is 13.1. The molecule has 1 heterocycles. The molecule has 1 aliphatic carbocycles. The van der Waals surface area contributed by atoms with E-state index >= 15 is 0 Å². The van der Waals surface area contributed by atoms with Crippen LogP contribution in [-0.4, -0.2) is 18.7 Å². The molecule has 0 atom stereocenters. The molecule has 3 aromatic carbocycles. The highest BCUT2D eigenvalue weighted by molar-refractivity contribution is 7.16. The molecule has 1 aromatic heterocycles. The van der Waals surface area contributed by atoms with Gasteiger partial charge in [0.2, 0.25) is 0 Å². The van der Waals surface area contributed by atoms with Crippen LogP contribution < -0.4 is 14.8 Å². The van der Waals surface area contributed by atoms with Gasteiger partial charge in [0.1, 0.15) is 11.6 Å². The summed E-state index contributed by atoms with van der Waals surface area (Å²) in [4.78, 5) is 19.4. The number of aliphatic imine (C=N–C) groups is 1. The zero-order valence-electron chi connectivity index (χ0n) is 22.5. The van der Waals surface area contributed by atoms with E-state index in [-0.39, 0.29) is 12.5 Å².